The molecule has 0 fully saturated rings. The molecule has 0 saturated carbocycles. The van der Waals surface area contributed by atoms with Gasteiger partial charge in [0.25, 0.3) is 0 Å². The first-order valence-corrected chi connectivity index (χ1v) is 10.3. The van der Waals surface area contributed by atoms with Gasteiger partial charge < -0.3 is 15.7 Å². The van der Waals surface area contributed by atoms with E-state index in [9.17, 15) is 5.11 Å². The molecule has 2 aromatic heterocycles. The van der Waals surface area contributed by atoms with E-state index in [2.05, 4.69) is 20.6 Å². The third-order valence-corrected chi connectivity index (χ3v) is 4.98. The van der Waals surface area contributed by atoms with Crippen LogP contribution in [0.25, 0.3) is 11.3 Å². The smallest absolute Gasteiger partial charge is 0.224 e. The van der Waals surface area contributed by atoms with Crippen LogP contribution in [0.1, 0.15) is 57.8 Å². The number of pyridine rings is 1. The van der Waals surface area contributed by atoms with Crippen LogP contribution in [0.5, 0.6) is 0 Å². The Balaban J connectivity index is 1.70. The highest BCUT2D eigenvalue weighted by atomic mass is 16.3. The van der Waals surface area contributed by atoms with E-state index in [0.717, 1.165) is 81.5 Å². The van der Waals surface area contributed by atoms with Crippen LogP contribution >= 0.6 is 0 Å². The van der Waals surface area contributed by atoms with Crippen LogP contribution in [0.2, 0.25) is 0 Å². The normalized spacial score (nSPS) is 20.1. The quantitative estimate of drug-likeness (QED) is 0.697. The van der Waals surface area contributed by atoms with E-state index in [-0.39, 0.29) is 6.10 Å². The largest absolute Gasteiger partial charge is 0.393 e. The number of anilines is 2. The minimum absolute atomic E-state index is 0.136. The van der Waals surface area contributed by atoms with Crippen molar-refractivity contribution in [3.8, 4) is 11.3 Å². The SMILES string of the molecule is OC1CCCCCCNc2ncc(-c3ccccn3)c(n2)NCCCCC1. The minimum atomic E-state index is -0.136. The van der Waals surface area contributed by atoms with Gasteiger partial charge in [-0.05, 0) is 37.8 Å². The second-order valence-corrected chi connectivity index (χ2v) is 7.23. The van der Waals surface area contributed by atoms with Gasteiger partial charge in [-0.15, -0.1) is 0 Å². The molecule has 0 amide bonds. The zero-order valence-electron chi connectivity index (χ0n) is 16.0. The van der Waals surface area contributed by atoms with Crippen molar-refractivity contribution in [2.45, 2.75) is 63.9 Å². The molecule has 2 bridgehead atoms. The first kappa shape index (κ1) is 19.5. The summed E-state index contributed by atoms with van der Waals surface area (Å²) in [6, 6.07) is 5.87. The molecule has 3 heterocycles. The summed E-state index contributed by atoms with van der Waals surface area (Å²) in [5, 5.41) is 16.9. The summed E-state index contributed by atoms with van der Waals surface area (Å²) in [5.41, 5.74) is 1.80. The molecule has 0 spiro atoms. The average molecular weight is 370 g/mol. The highest BCUT2D eigenvalue weighted by molar-refractivity contribution is 5.72. The van der Waals surface area contributed by atoms with E-state index in [1.807, 2.05) is 24.4 Å². The van der Waals surface area contributed by atoms with Crippen LogP contribution in [0.3, 0.4) is 0 Å². The highest BCUT2D eigenvalue weighted by Crippen LogP contribution is 2.25. The molecule has 146 valence electrons. The van der Waals surface area contributed by atoms with Crippen LogP contribution in [0.4, 0.5) is 11.8 Å². The first-order valence-electron chi connectivity index (χ1n) is 10.3. The molecule has 1 atom stereocenters. The number of hydrogen-bond donors (Lipinski definition) is 3. The molecule has 0 aromatic carbocycles. The standard InChI is InChI=1S/C21H31N5O/c27-17-10-4-1-2-7-15-24-21-25-16-18(19-12-6-9-13-22-19)20(26-21)23-14-8-3-5-11-17/h6,9,12-13,16-17,27H,1-5,7-8,10-11,14-15H2,(H2,23,24,25,26). The Morgan fingerprint density at radius 2 is 1.59 bits per heavy atom. The van der Waals surface area contributed by atoms with Gasteiger partial charge in [-0.2, -0.15) is 4.98 Å². The van der Waals surface area contributed by atoms with E-state index in [1.165, 1.54) is 6.42 Å². The van der Waals surface area contributed by atoms with Gasteiger partial charge in [-0.1, -0.05) is 38.2 Å². The van der Waals surface area contributed by atoms with Crippen molar-refractivity contribution in [2.75, 3.05) is 23.7 Å². The lowest BCUT2D eigenvalue weighted by Crippen LogP contribution is -2.10. The third kappa shape index (κ3) is 6.47. The lowest BCUT2D eigenvalue weighted by Gasteiger charge is -2.13. The Hall–Kier alpha value is -2.21. The lowest BCUT2D eigenvalue weighted by atomic mass is 10.0. The molecular weight excluding hydrogens is 338 g/mol. The Bertz CT molecular complexity index is 680. The Morgan fingerprint density at radius 3 is 2.37 bits per heavy atom. The summed E-state index contributed by atoms with van der Waals surface area (Å²) >= 11 is 0. The summed E-state index contributed by atoms with van der Waals surface area (Å²) in [5.74, 6) is 1.49. The number of hydrogen-bond acceptors (Lipinski definition) is 6. The van der Waals surface area contributed by atoms with Gasteiger partial charge in [0.2, 0.25) is 5.95 Å². The van der Waals surface area contributed by atoms with Crippen molar-refractivity contribution >= 4 is 11.8 Å². The maximum absolute atomic E-state index is 10.1. The van der Waals surface area contributed by atoms with Crippen molar-refractivity contribution in [1.82, 2.24) is 15.0 Å². The average Bonchev–Trinajstić information content (AvgIpc) is 2.70. The Labute approximate surface area is 161 Å². The van der Waals surface area contributed by atoms with Gasteiger partial charge in [0.15, 0.2) is 0 Å². The van der Waals surface area contributed by atoms with Gasteiger partial charge >= 0.3 is 0 Å². The molecule has 27 heavy (non-hydrogen) atoms. The molecule has 1 aliphatic rings. The molecule has 3 N–H and O–H groups in total. The first-order chi connectivity index (χ1) is 13.3. The molecule has 6 nitrogen and oxygen atoms in total. The fraction of sp³-hybridized carbons (Fsp3) is 0.571. The summed E-state index contributed by atoms with van der Waals surface area (Å²) in [4.78, 5) is 13.6. The van der Waals surface area contributed by atoms with Crippen molar-refractivity contribution in [3.05, 3.63) is 30.6 Å². The summed E-state index contributed by atoms with van der Waals surface area (Å²) in [6.07, 6.45) is 13.1. The highest BCUT2D eigenvalue weighted by Gasteiger charge is 2.11. The Morgan fingerprint density at radius 1 is 0.852 bits per heavy atom. The topological polar surface area (TPSA) is 83.0 Å². The zero-order chi connectivity index (χ0) is 18.7. The molecule has 0 aliphatic carbocycles. The number of aliphatic hydroxyl groups excluding tert-OH is 1. The maximum Gasteiger partial charge on any atom is 0.224 e. The molecule has 1 unspecified atom stereocenters. The van der Waals surface area contributed by atoms with Crippen LogP contribution in [0.15, 0.2) is 30.6 Å². The van der Waals surface area contributed by atoms with Crippen molar-refractivity contribution in [1.29, 1.82) is 0 Å². The number of nitrogens with zero attached hydrogens (tertiary/aromatic N) is 3. The van der Waals surface area contributed by atoms with E-state index in [1.54, 1.807) is 6.20 Å². The zero-order valence-corrected chi connectivity index (χ0v) is 16.0. The van der Waals surface area contributed by atoms with Crippen molar-refractivity contribution in [2.24, 2.45) is 0 Å². The summed E-state index contributed by atoms with van der Waals surface area (Å²) < 4.78 is 0. The predicted molar refractivity (Wildman–Crippen MR) is 110 cm³/mol. The number of rotatable bonds is 1. The fourth-order valence-corrected chi connectivity index (χ4v) is 3.40. The Kier molecular flexibility index (Phi) is 7.84. The van der Waals surface area contributed by atoms with E-state index in [0.29, 0.717) is 5.95 Å². The fourth-order valence-electron chi connectivity index (χ4n) is 3.40. The van der Waals surface area contributed by atoms with Crippen molar-refractivity contribution < 1.29 is 5.11 Å². The molecule has 6 heteroatoms. The molecular formula is C21H31N5O. The van der Waals surface area contributed by atoms with Crippen LogP contribution in [0, 0.1) is 0 Å². The van der Waals surface area contributed by atoms with Gasteiger partial charge in [0.1, 0.15) is 5.82 Å². The van der Waals surface area contributed by atoms with Crippen LogP contribution < -0.4 is 10.6 Å². The number of nitrogens with one attached hydrogen (secondary N) is 2. The summed E-state index contributed by atoms with van der Waals surface area (Å²) in [6.45, 7) is 1.72. The monoisotopic (exact) mass is 369 g/mol. The molecule has 0 saturated heterocycles. The lowest BCUT2D eigenvalue weighted by molar-refractivity contribution is 0.147. The third-order valence-electron chi connectivity index (χ3n) is 4.98. The molecule has 0 radical (unpaired) electrons. The van der Waals surface area contributed by atoms with Gasteiger partial charge in [0, 0.05) is 25.5 Å². The van der Waals surface area contributed by atoms with Gasteiger partial charge in [-0.25, -0.2) is 4.98 Å². The van der Waals surface area contributed by atoms with E-state index in [4.69, 9.17) is 4.98 Å². The maximum atomic E-state index is 10.1. The summed E-state index contributed by atoms with van der Waals surface area (Å²) in [7, 11) is 0. The number of aromatic nitrogens is 3. The van der Waals surface area contributed by atoms with Crippen molar-refractivity contribution in [3.63, 3.8) is 0 Å². The van der Waals surface area contributed by atoms with Crippen LogP contribution in [-0.2, 0) is 0 Å². The second-order valence-electron chi connectivity index (χ2n) is 7.23. The van der Waals surface area contributed by atoms with Gasteiger partial charge in [0.05, 0.1) is 17.4 Å². The second kappa shape index (κ2) is 10.8. The number of fused-ring (bicyclic) bond motifs is 2. The predicted octanol–water partition coefficient (Wildman–Crippen LogP) is 4.25. The van der Waals surface area contributed by atoms with Gasteiger partial charge in [-0.3, -0.25) is 4.98 Å². The molecule has 1 aliphatic heterocycles. The van der Waals surface area contributed by atoms with E-state index >= 15 is 0 Å². The molecule has 2 aromatic rings. The molecule has 3 rings (SSSR count). The minimum Gasteiger partial charge on any atom is -0.393 e. The van der Waals surface area contributed by atoms with E-state index < -0.39 is 0 Å². The number of aliphatic hydroxyl groups is 1. The van der Waals surface area contributed by atoms with Crippen LogP contribution in [-0.4, -0.2) is 39.3 Å².